The Kier molecular flexibility index (Phi) is 5.00. The fourth-order valence-electron chi connectivity index (χ4n) is 2.52. The van der Waals surface area contributed by atoms with Crippen molar-refractivity contribution in [2.24, 2.45) is 0 Å². The van der Waals surface area contributed by atoms with E-state index >= 15 is 0 Å². The molecule has 0 aliphatic heterocycles. The number of hydrogen-bond acceptors (Lipinski definition) is 5. The van der Waals surface area contributed by atoms with Crippen LogP contribution in [0.1, 0.15) is 9.67 Å². The molecule has 0 fully saturated rings. The van der Waals surface area contributed by atoms with Gasteiger partial charge in [0.05, 0.1) is 28.9 Å². The lowest BCUT2D eigenvalue weighted by atomic mass is 10.2. The normalized spacial score (nSPS) is 11.4. The monoisotopic (exact) mass is 375 g/mol. The van der Waals surface area contributed by atoms with E-state index < -0.39 is 10.0 Å². The third-order valence-corrected chi connectivity index (χ3v) is 5.67. The number of carbonyl (C=O) groups excluding carboxylic acids is 1. The van der Waals surface area contributed by atoms with Crippen LogP contribution < -0.4 is 9.62 Å². The predicted octanol–water partition coefficient (Wildman–Crippen LogP) is 2.49. The number of para-hydroxylation sites is 1. The molecule has 3 aromatic rings. The van der Waals surface area contributed by atoms with Crippen LogP contribution in [0.25, 0.3) is 10.9 Å². The van der Waals surface area contributed by atoms with Crippen LogP contribution in [0.3, 0.4) is 0 Å². The number of hydrogen-bond donors (Lipinski definition) is 1. The van der Waals surface area contributed by atoms with Gasteiger partial charge in [0.15, 0.2) is 0 Å². The van der Waals surface area contributed by atoms with Crippen LogP contribution in [0.15, 0.2) is 54.0 Å². The number of thiophene rings is 1. The molecule has 1 N–H and O–H groups in total. The average Bonchev–Trinajstić information content (AvgIpc) is 3.12. The summed E-state index contributed by atoms with van der Waals surface area (Å²) in [6.07, 6.45) is 2.78. The summed E-state index contributed by atoms with van der Waals surface area (Å²) in [7, 11) is -3.52. The maximum Gasteiger partial charge on any atom is 0.261 e. The topological polar surface area (TPSA) is 79.4 Å². The summed E-state index contributed by atoms with van der Waals surface area (Å²) in [5.74, 6) is -0.209. The Morgan fingerprint density at radius 3 is 2.72 bits per heavy atom. The summed E-state index contributed by atoms with van der Waals surface area (Å²) in [6.45, 7) is 0.332. The van der Waals surface area contributed by atoms with E-state index in [9.17, 15) is 13.2 Å². The summed E-state index contributed by atoms with van der Waals surface area (Å²) >= 11 is 1.34. The van der Waals surface area contributed by atoms with Crippen molar-refractivity contribution in [2.75, 3.05) is 23.7 Å². The Bertz CT molecular complexity index is 980. The Labute approximate surface area is 150 Å². The van der Waals surface area contributed by atoms with E-state index in [0.29, 0.717) is 16.1 Å². The second-order valence-electron chi connectivity index (χ2n) is 5.42. The molecule has 0 saturated carbocycles. The predicted molar refractivity (Wildman–Crippen MR) is 101 cm³/mol. The van der Waals surface area contributed by atoms with E-state index in [1.807, 2.05) is 17.5 Å². The lowest BCUT2D eigenvalue weighted by Crippen LogP contribution is -2.38. The number of pyridine rings is 1. The lowest BCUT2D eigenvalue weighted by Gasteiger charge is -2.23. The minimum Gasteiger partial charge on any atom is -0.350 e. The number of nitrogens with one attached hydrogen (secondary N) is 1. The molecule has 1 amide bonds. The van der Waals surface area contributed by atoms with Crippen molar-refractivity contribution >= 4 is 43.9 Å². The van der Waals surface area contributed by atoms with Crippen LogP contribution in [0.2, 0.25) is 0 Å². The molecule has 6 nitrogen and oxygen atoms in total. The molecule has 25 heavy (non-hydrogen) atoms. The van der Waals surface area contributed by atoms with Gasteiger partial charge in [-0.15, -0.1) is 11.3 Å². The summed E-state index contributed by atoms with van der Waals surface area (Å²) in [4.78, 5) is 16.9. The number of rotatable bonds is 6. The minimum atomic E-state index is -3.52. The van der Waals surface area contributed by atoms with E-state index in [2.05, 4.69) is 10.3 Å². The highest BCUT2D eigenvalue weighted by Crippen LogP contribution is 2.26. The van der Waals surface area contributed by atoms with Crippen LogP contribution in [-0.4, -0.2) is 38.7 Å². The molecule has 2 heterocycles. The van der Waals surface area contributed by atoms with Crippen molar-refractivity contribution in [3.63, 3.8) is 0 Å². The zero-order chi connectivity index (χ0) is 17.9. The number of anilines is 1. The third-order valence-electron chi connectivity index (χ3n) is 3.63. The summed E-state index contributed by atoms with van der Waals surface area (Å²) in [5, 5.41) is 5.43. The van der Waals surface area contributed by atoms with Crippen molar-refractivity contribution < 1.29 is 13.2 Å². The van der Waals surface area contributed by atoms with Crippen LogP contribution in [0.5, 0.6) is 0 Å². The van der Waals surface area contributed by atoms with Gasteiger partial charge < -0.3 is 5.32 Å². The number of carbonyl (C=O) groups is 1. The fraction of sp³-hybridized carbons (Fsp3) is 0.176. The van der Waals surface area contributed by atoms with Gasteiger partial charge in [0.1, 0.15) is 0 Å². The smallest absolute Gasteiger partial charge is 0.261 e. The summed E-state index contributed by atoms with van der Waals surface area (Å²) < 4.78 is 25.8. The third kappa shape index (κ3) is 3.97. The van der Waals surface area contributed by atoms with Gasteiger partial charge in [-0.1, -0.05) is 24.3 Å². The number of fused-ring (bicyclic) bond motifs is 1. The molecule has 0 bridgehead atoms. The van der Waals surface area contributed by atoms with Crippen LogP contribution in [-0.2, 0) is 10.0 Å². The van der Waals surface area contributed by atoms with E-state index in [4.69, 9.17) is 0 Å². The van der Waals surface area contributed by atoms with E-state index in [1.165, 1.54) is 15.6 Å². The fourth-order valence-corrected chi connectivity index (χ4v) is 4.09. The van der Waals surface area contributed by atoms with Crippen molar-refractivity contribution in [3.8, 4) is 0 Å². The van der Waals surface area contributed by atoms with Gasteiger partial charge in [0, 0.05) is 18.1 Å². The second kappa shape index (κ2) is 7.20. The molecule has 130 valence electrons. The van der Waals surface area contributed by atoms with Crippen LogP contribution in [0, 0.1) is 0 Å². The first kappa shape index (κ1) is 17.4. The number of aromatic nitrogens is 1. The molecule has 0 unspecified atom stereocenters. The van der Waals surface area contributed by atoms with Gasteiger partial charge in [0.2, 0.25) is 10.0 Å². The maximum atomic E-state index is 12.3. The maximum absolute atomic E-state index is 12.3. The highest BCUT2D eigenvalue weighted by molar-refractivity contribution is 7.92. The minimum absolute atomic E-state index is 0.131. The first-order valence-electron chi connectivity index (χ1n) is 7.60. The SMILES string of the molecule is CS(=O)(=O)N(CCNC(=O)c1cccs1)c1cccc2cccnc12. The molecule has 0 radical (unpaired) electrons. The highest BCUT2D eigenvalue weighted by atomic mass is 32.2. The number of benzene rings is 1. The Morgan fingerprint density at radius 1 is 1.20 bits per heavy atom. The quantitative estimate of drug-likeness (QED) is 0.718. The molecule has 3 rings (SSSR count). The molecule has 2 aromatic heterocycles. The van der Waals surface area contributed by atoms with Gasteiger partial charge >= 0.3 is 0 Å². The van der Waals surface area contributed by atoms with Gasteiger partial charge in [-0.05, 0) is 23.6 Å². The Hall–Kier alpha value is -2.45. The number of amides is 1. The van der Waals surface area contributed by atoms with Crippen LogP contribution >= 0.6 is 11.3 Å². The van der Waals surface area contributed by atoms with Crippen molar-refractivity contribution in [2.45, 2.75) is 0 Å². The summed E-state index contributed by atoms with van der Waals surface area (Å²) in [5.41, 5.74) is 1.12. The van der Waals surface area contributed by atoms with Gasteiger partial charge in [-0.2, -0.15) is 0 Å². The first-order chi connectivity index (χ1) is 12.0. The molecule has 8 heteroatoms. The van der Waals surface area contributed by atoms with Crippen LogP contribution in [0.4, 0.5) is 5.69 Å². The number of nitrogens with zero attached hydrogens (tertiary/aromatic N) is 2. The Morgan fingerprint density at radius 2 is 2.00 bits per heavy atom. The highest BCUT2D eigenvalue weighted by Gasteiger charge is 2.20. The zero-order valence-electron chi connectivity index (χ0n) is 13.5. The second-order valence-corrected chi connectivity index (χ2v) is 8.28. The van der Waals surface area contributed by atoms with Crippen molar-refractivity contribution in [1.29, 1.82) is 0 Å². The van der Waals surface area contributed by atoms with E-state index in [1.54, 1.807) is 36.5 Å². The molecule has 0 atom stereocenters. The molecular formula is C17H17N3O3S2. The largest absolute Gasteiger partial charge is 0.350 e. The van der Waals surface area contributed by atoms with E-state index in [0.717, 1.165) is 11.6 Å². The zero-order valence-corrected chi connectivity index (χ0v) is 15.2. The standard InChI is InChI=1S/C17H17N3O3S2/c1-25(22,23)20(11-10-19-17(21)15-8-4-12-24-15)14-7-2-5-13-6-3-9-18-16(13)14/h2-9,12H,10-11H2,1H3,(H,19,21). The molecule has 0 aliphatic carbocycles. The number of sulfonamides is 1. The molecule has 0 saturated heterocycles. The Balaban J connectivity index is 1.82. The molecule has 0 aliphatic rings. The lowest BCUT2D eigenvalue weighted by molar-refractivity contribution is 0.0959. The van der Waals surface area contributed by atoms with E-state index in [-0.39, 0.29) is 19.0 Å². The van der Waals surface area contributed by atoms with Crippen molar-refractivity contribution in [1.82, 2.24) is 10.3 Å². The van der Waals surface area contributed by atoms with Crippen molar-refractivity contribution in [3.05, 3.63) is 58.9 Å². The molecule has 1 aromatic carbocycles. The molecular weight excluding hydrogens is 358 g/mol. The average molecular weight is 375 g/mol. The first-order valence-corrected chi connectivity index (χ1v) is 10.3. The molecule has 0 spiro atoms. The van der Waals surface area contributed by atoms with Gasteiger partial charge in [-0.25, -0.2) is 8.42 Å². The van der Waals surface area contributed by atoms with Gasteiger partial charge in [0.25, 0.3) is 5.91 Å². The van der Waals surface area contributed by atoms with Gasteiger partial charge in [-0.3, -0.25) is 14.1 Å². The summed E-state index contributed by atoms with van der Waals surface area (Å²) in [6, 6.07) is 12.6.